The van der Waals surface area contributed by atoms with Gasteiger partial charge in [-0.05, 0) is 52.6 Å². The number of amides is 3. The molecule has 0 aliphatic rings. The van der Waals surface area contributed by atoms with Gasteiger partial charge < -0.3 is 10.6 Å². The van der Waals surface area contributed by atoms with E-state index in [4.69, 9.17) is 0 Å². The van der Waals surface area contributed by atoms with Crippen molar-refractivity contribution in [2.24, 2.45) is 0 Å². The van der Waals surface area contributed by atoms with Gasteiger partial charge in [0.15, 0.2) is 0 Å². The number of para-hydroxylation sites is 1. The summed E-state index contributed by atoms with van der Waals surface area (Å²) in [5, 5.41) is 9.96. The lowest BCUT2D eigenvalue weighted by molar-refractivity contribution is -0.118. The molecule has 116 valence electrons. The van der Waals surface area contributed by atoms with E-state index in [1.54, 1.807) is 11.3 Å². The molecule has 0 saturated carbocycles. The maximum Gasteiger partial charge on any atom is 0.321 e. The summed E-state index contributed by atoms with van der Waals surface area (Å²) in [5.74, 6) is -0.367. The van der Waals surface area contributed by atoms with Gasteiger partial charge in [-0.3, -0.25) is 10.1 Å². The van der Waals surface area contributed by atoms with Crippen LogP contribution in [0.4, 0.5) is 10.5 Å². The van der Waals surface area contributed by atoms with E-state index in [-0.39, 0.29) is 12.5 Å². The molecule has 0 aliphatic carbocycles. The summed E-state index contributed by atoms with van der Waals surface area (Å²) in [6, 6.07) is 11.2. The number of thiophene rings is 1. The second-order valence-electron chi connectivity index (χ2n) is 4.47. The Morgan fingerprint density at radius 3 is 2.68 bits per heavy atom. The predicted molar refractivity (Wildman–Crippen MR) is 97.2 cm³/mol. The first-order valence-corrected chi connectivity index (χ1v) is 8.69. The Bertz CT molecular complexity index is 631. The van der Waals surface area contributed by atoms with Crippen molar-refractivity contribution in [1.82, 2.24) is 10.6 Å². The Hall–Kier alpha value is -1.61. The molecule has 0 saturated heterocycles. The number of anilines is 1. The van der Waals surface area contributed by atoms with Gasteiger partial charge in [-0.2, -0.15) is 0 Å². The second-order valence-corrected chi connectivity index (χ2v) is 6.66. The van der Waals surface area contributed by atoms with Crippen LogP contribution >= 0.6 is 33.9 Å². The highest BCUT2D eigenvalue weighted by Gasteiger charge is 2.07. The zero-order valence-corrected chi connectivity index (χ0v) is 14.7. The molecule has 22 heavy (non-hydrogen) atoms. The molecule has 0 radical (unpaired) electrons. The number of rotatable bonds is 6. The quantitative estimate of drug-likeness (QED) is 0.619. The summed E-state index contributed by atoms with van der Waals surface area (Å²) in [6.07, 6.45) is 0.764. The smallest absolute Gasteiger partial charge is 0.321 e. The number of halogens is 1. The van der Waals surface area contributed by atoms with E-state index in [0.717, 1.165) is 15.7 Å². The lowest BCUT2D eigenvalue weighted by Crippen LogP contribution is -2.42. The van der Waals surface area contributed by atoms with Gasteiger partial charge in [0.2, 0.25) is 5.91 Å². The third-order valence-corrected chi connectivity index (χ3v) is 4.68. The molecule has 2 rings (SSSR count). The van der Waals surface area contributed by atoms with Crippen LogP contribution in [0.25, 0.3) is 0 Å². The molecule has 2 aromatic rings. The topological polar surface area (TPSA) is 70.2 Å². The van der Waals surface area contributed by atoms with Gasteiger partial charge in [0.25, 0.3) is 0 Å². The zero-order chi connectivity index (χ0) is 15.8. The molecule has 0 atom stereocenters. The van der Waals surface area contributed by atoms with Gasteiger partial charge in [-0.15, -0.1) is 11.3 Å². The van der Waals surface area contributed by atoms with Gasteiger partial charge in [-0.1, -0.05) is 18.2 Å². The maximum absolute atomic E-state index is 11.7. The fraction of sp³-hybridized carbons (Fsp3) is 0.200. The Kier molecular flexibility index (Phi) is 6.66. The van der Waals surface area contributed by atoms with Crippen LogP contribution in [0.3, 0.4) is 0 Å². The van der Waals surface area contributed by atoms with Crippen molar-refractivity contribution >= 4 is 51.6 Å². The molecule has 0 aliphatic heterocycles. The van der Waals surface area contributed by atoms with E-state index >= 15 is 0 Å². The fourth-order valence-corrected chi connectivity index (χ4v) is 3.04. The van der Waals surface area contributed by atoms with Crippen molar-refractivity contribution < 1.29 is 9.59 Å². The normalized spacial score (nSPS) is 10.0. The molecule has 3 amide bonds. The van der Waals surface area contributed by atoms with E-state index in [0.29, 0.717) is 6.54 Å². The van der Waals surface area contributed by atoms with Crippen LogP contribution < -0.4 is 16.0 Å². The molecule has 0 fully saturated rings. The van der Waals surface area contributed by atoms with Crippen molar-refractivity contribution in [2.75, 3.05) is 18.4 Å². The molecular formula is C15H16IN3O2S. The Labute approximate surface area is 146 Å². The molecule has 7 heteroatoms. The number of imide groups is 1. The molecule has 5 nitrogen and oxygen atoms in total. The van der Waals surface area contributed by atoms with Gasteiger partial charge >= 0.3 is 6.03 Å². The maximum atomic E-state index is 11.7. The lowest BCUT2D eigenvalue weighted by Gasteiger charge is -2.09. The summed E-state index contributed by atoms with van der Waals surface area (Å²) in [4.78, 5) is 24.5. The first-order valence-electron chi connectivity index (χ1n) is 6.73. The van der Waals surface area contributed by atoms with Crippen LogP contribution in [-0.2, 0) is 11.2 Å². The average molecular weight is 429 g/mol. The van der Waals surface area contributed by atoms with Crippen molar-refractivity contribution in [3.05, 3.63) is 50.2 Å². The molecule has 0 unspecified atom stereocenters. The van der Waals surface area contributed by atoms with Crippen LogP contribution in [0.1, 0.15) is 4.88 Å². The third-order valence-electron chi connectivity index (χ3n) is 2.80. The molecule has 1 aromatic heterocycles. The van der Waals surface area contributed by atoms with Gasteiger partial charge in [0.1, 0.15) is 0 Å². The van der Waals surface area contributed by atoms with Crippen molar-refractivity contribution in [1.29, 1.82) is 0 Å². The number of carbonyl (C=O) groups is 2. The highest BCUT2D eigenvalue weighted by atomic mass is 127. The summed E-state index contributed by atoms with van der Waals surface area (Å²) in [7, 11) is 0. The number of nitrogens with one attached hydrogen (secondary N) is 3. The van der Waals surface area contributed by atoms with Crippen LogP contribution in [0.2, 0.25) is 0 Å². The summed E-state index contributed by atoms with van der Waals surface area (Å²) >= 11 is 3.83. The van der Waals surface area contributed by atoms with E-state index < -0.39 is 6.03 Å². The number of urea groups is 1. The standard InChI is InChI=1S/C15H16IN3O2S/c16-12-5-1-2-6-13(12)18-10-14(20)19-15(21)17-8-7-11-4-3-9-22-11/h1-6,9,18H,7-8,10H2,(H2,17,19,20,21). The lowest BCUT2D eigenvalue weighted by atomic mass is 10.3. The average Bonchev–Trinajstić information content (AvgIpc) is 2.99. The van der Waals surface area contributed by atoms with Gasteiger partial charge in [-0.25, -0.2) is 4.79 Å². The number of hydrogen-bond acceptors (Lipinski definition) is 4. The molecule has 3 N–H and O–H groups in total. The van der Waals surface area contributed by atoms with Crippen molar-refractivity contribution in [2.45, 2.75) is 6.42 Å². The number of benzene rings is 1. The van der Waals surface area contributed by atoms with Crippen LogP contribution in [0, 0.1) is 3.57 Å². The van der Waals surface area contributed by atoms with Gasteiger partial charge in [0, 0.05) is 20.7 Å². The van der Waals surface area contributed by atoms with Gasteiger partial charge in [0.05, 0.1) is 6.54 Å². The zero-order valence-electron chi connectivity index (χ0n) is 11.8. The second kappa shape index (κ2) is 8.74. The molecular weight excluding hydrogens is 413 g/mol. The van der Waals surface area contributed by atoms with Crippen LogP contribution in [0.5, 0.6) is 0 Å². The van der Waals surface area contributed by atoms with E-state index in [2.05, 4.69) is 38.5 Å². The minimum Gasteiger partial charge on any atom is -0.375 e. The largest absolute Gasteiger partial charge is 0.375 e. The Balaban J connectivity index is 1.66. The highest BCUT2D eigenvalue weighted by Crippen LogP contribution is 2.16. The first kappa shape index (κ1) is 16.8. The van der Waals surface area contributed by atoms with E-state index in [1.165, 1.54) is 4.88 Å². The molecule has 0 spiro atoms. The predicted octanol–water partition coefficient (Wildman–Crippen LogP) is 2.83. The number of hydrogen-bond donors (Lipinski definition) is 3. The fourth-order valence-electron chi connectivity index (χ4n) is 1.75. The Morgan fingerprint density at radius 1 is 1.14 bits per heavy atom. The summed E-state index contributed by atoms with van der Waals surface area (Å²) in [6.45, 7) is 0.558. The molecule has 1 heterocycles. The number of carbonyl (C=O) groups excluding carboxylic acids is 2. The third kappa shape index (κ3) is 5.64. The van der Waals surface area contributed by atoms with Crippen LogP contribution in [-0.4, -0.2) is 25.0 Å². The minimum absolute atomic E-state index is 0.0539. The summed E-state index contributed by atoms with van der Waals surface area (Å²) < 4.78 is 1.02. The SMILES string of the molecule is O=C(CNc1ccccc1I)NC(=O)NCCc1cccs1. The van der Waals surface area contributed by atoms with E-state index in [1.807, 2.05) is 41.8 Å². The molecule has 1 aromatic carbocycles. The monoisotopic (exact) mass is 429 g/mol. The minimum atomic E-state index is -0.467. The van der Waals surface area contributed by atoms with Crippen molar-refractivity contribution in [3.8, 4) is 0 Å². The Morgan fingerprint density at radius 2 is 1.95 bits per heavy atom. The summed E-state index contributed by atoms with van der Waals surface area (Å²) in [5.41, 5.74) is 0.872. The van der Waals surface area contributed by atoms with E-state index in [9.17, 15) is 9.59 Å². The molecule has 0 bridgehead atoms. The van der Waals surface area contributed by atoms with Crippen molar-refractivity contribution in [3.63, 3.8) is 0 Å². The first-order chi connectivity index (χ1) is 10.6. The highest BCUT2D eigenvalue weighted by molar-refractivity contribution is 14.1. The van der Waals surface area contributed by atoms with Crippen LogP contribution in [0.15, 0.2) is 41.8 Å².